The minimum atomic E-state index is -0.506. The van der Waals surface area contributed by atoms with Crippen LogP contribution in [-0.2, 0) is 0 Å². The Balaban J connectivity index is 2.61. The number of allylic oxidation sites excluding steroid dienone is 2. The van der Waals surface area contributed by atoms with Crippen molar-refractivity contribution in [3.63, 3.8) is 0 Å². The average Bonchev–Trinajstić information content (AvgIpc) is 2.36. The maximum atomic E-state index is 12.2. The van der Waals surface area contributed by atoms with Gasteiger partial charge in [-0.25, -0.2) is 0 Å². The summed E-state index contributed by atoms with van der Waals surface area (Å²) < 4.78 is 11.2. The second-order valence-corrected chi connectivity index (χ2v) is 5.47. The molecule has 1 aromatic rings. The van der Waals surface area contributed by atoms with Crippen LogP contribution in [0.4, 0.5) is 0 Å². The summed E-state index contributed by atoms with van der Waals surface area (Å²) in [7, 11) is 1.56. The third-order valence-electron chi connectivity index (χ3n) is 3.28. The van der Waals surface area contributed by atoms with E-state index < -0.39 is 5.60 Å². The largest absolute Gasteiger partial charge is 0.496 e. The maximum absolute atomic E-state index is 12.2. The van der Waals surface area contributed by atoms with E-state index in [-0.39, 0.29) is 5.78 Å². The van der Waals surface area contributed by atoms with Gasteiger partial charge in [-0.2, -0.15) is 5.26 Å². The molecule has 2 rings (SSSR count). The molecule has 4 nitrogen and oxygen atoms in total. The van der Waals surface area contributed by atoms with Crippen LogP contribution in [0.5, 0.6) is 11.5 Å². The molecule has 0 unspecified atom stereocenters. The first kappa shape index (κ1) is 14.1. The molecule has 0 fully saturated rings. The van der Waals surface area contributed by atoms with Gasteiger partial charge >= 0.3 is 0 Å². The fourth-order valence-corrected chi connectivity index (χ4v) is 2.33. The van der Waals surface area contributed by atoms with Gasteiger partial charge < -0.3 is 9.47 Å². The Hall–Kier alpha value is -2.28. The number of carbonyl (C=O) groups excluding carboxylic acids is 1. The highest BCUT2D eigenvalue weighted by Crippen LogP contribution is 2.39. The van der Waals surface area contributed by atoms with Gasteiger partial charge in [0.05, 0.1) is 25.2 Å². The number of ether oxygens (including phenoxy) is 2. The third kappa shape index (κ3) is 2.53. The summed E-state index contributed by atoms with van der Waals surface area (Å²) in [5.41, 5.74) is 1.54. The van der Waals surface area contributed by atoms with Gasteiger partial charge in [0.15, 0.2) is 5.78 Å². The fraction of sp³-hybridized carbons (Fsp3) is 0.375. The number of nitriles is 1. The fourth-order valence-electron chi connectivity index (χ4n) is 2.33. The van der Waals surface area contributed by atoms with Crippen molar-refractivity contribution in [1.82, 2.24) is 0 Å². The Bertz CT molecular complexity index is 636. The van der Waals surface area contributed by atoms with Gasteiger partial charge in [0.1, 0.15) is 17.1 Å². The Labute approximate surface area is 118 Å². The number of fused-ring (bicyclic) bond motifs is 1. The number of benzene rings is 1. The summed E-state index contributed by atoms with van der Waals surface area (Å²) in [5.74, 6) is 1.18. The molecule has 104 valence electrons. The molecular formula is C16H17NO3. The molecule has 0 bridgehead atoms. The lowest BCUT2D eigenvalue weighted by Gasteiger charge is -2.32. The van der Waals surface area contributed by atoms with Crippen LogP contribution >= 0.6 is 0 Å². The number of hydrogen-bond donors (Lipinski definition) is 0. The van der Waals surface area contributed by atoms with E-state index in [0.29, 0.717) is 23.5 Å². The molecule has 0 saturated carbocycles. The molecule has 1 heterocycles. The van der Waals surface area contributed by atoms with Crippen molar-refractivity contribution < 1.29 is 14.3 Å². The van der Waals surface area contributed by atoms with Crippen molar-refractivity contribution in [2.24, 2.45) is 0 Å². The quantitative estimate of drug-likeness (QED) is 0.774. The summed E-state index contributed by atoms with van der Waals surface area (Å²) in [5, 5.41) is 8.76. The van der Waals surface area contributed by atoms with Crippen LogP contribution in [0.1, 0.15) is 43.1 Å². The Morgan fingerprint density at radius 2 is 2.20 bits per heavy atom. The van der Waals surface area contributed by atoms with Gasteiger partial charge in [-0.15, -0.1) is 0 Å². The highest BCUT2D eigenvalue weighted by molar-refractivity contribution is 6.01. The van der Waals surface area contributed by atoms with Gasteiger partial charge in [-0.1, -0.05) is 0 Å². The standard InChI is InChI=1S/C16H17NO3/c1-10(5-6-17)11-7-12-13(18)9-16(2,3)20-15(12)8-14(11)19-4/h5,7-8H,9H2,1-4H3. The van der Waals surface area contributed by atoms with Crippen molar-refractivity contribution in [3.05, 3.63) is 29.3 Å². The lowest BCUT2D eigenvalue weighted by atomic mass is 9.91. The topological polar surface area (TPSA) is 59.3 Å². The van der Waals surface area contributed by atoms with E-state index in [4.69, 9.17) is 14.7 Å². The first-order valence-corrected chi connectivity index (χ1v) is 6.39. The zero-order valence-electron chi connectivity index (χ0n) is 12.1. The highest BCUT2D eigenvalue weighted by Gasteiger charge is 2.33. The molecule has 20 heavy (non-hydrogen) atoms. The Morgan fingerprint density at radius 1 is 1.50 bits per heavy atom. The van der Waals surface area contributed by atoms with Crippen LogP contribution in [0.15, 0.2) is 18.2 Å². The first-order chi connectivity index (χ1) is 9.38. The van der Waals surface area contributed by atoms with Crippen LogP contribution < -0.4 is 9.47 Å². The summed E-state index contributed by atoms with van der Waals surface area (Å²) in [6.07, 6.45) is 1.77. The number of Topliss-reactive ketones (excluding diaryl/α,β-unsaturated/α-hetero) is 1. The minimum absolute atomic E-state index is 0.0462. The lowest BCUT2D eigenvalue weighted by molar-refractivity contribution is 0.0618. The molecular weight excluding hydrogens is 254 g/mol. The highest BCUT2D eigenvalue weighted by atomic mass is 16.5. The molecule has 4 heteroatoms. The summed E-state index contributed by atoms with van der Waals surface area (Å²) in [6.45, 7) is 5.58. The number of hydrogen-bond acceptors (Lipinski definition) is 4. The predicted molar refractivity (Wildman–Crippen MR) is 75.9 cm³/mol. The first-order valence-electron chi connectivity index (χ1n) is 6.39. The molecule has 0 radical (unpaired) electrons. The van der Waals surface area contributed by atoms with Crippen LogP contribution in [-0.4, -0.2) is 18.5 Å². The molecule has 1 aliphatic heterocycles. The zero-order chi connectivity index (χ0) is 14.9. The second-order valence-electron chi connectivity index (χ2n) is 5.47. The molecule has 0 amide bonds. The molecule has 0 atom stereocenters. The number of carbonyl (C=O) groups is 1. The van der Waals surface area contributed by atoms with E-state index in [2.05, 4.69) is 0 Å². The second kappa shape index (κ2) is 5.01. The average molecular weight is 271 g/mol. The van der Waals surface area contributed by atoms with Crippen molar-refractivity contribution in [2.45, 2.75) is 32.8 Å². The van der Waals surface area contributed by atoms with Crippen LogP contribution in [0.25, 0.3) is 5.57 Å². The monoisotopic (exact) mass is 271 g/mol. The summed E-state index contributed by atoms with van der Waals surface area (Å²) >= 11 is 0. The molecule has 0 saturated heterocycles. The zero-order valence-corrected chi connectivity index (χ0v) is 12.1. The third-order valence-corrected chi connectivity index (χ3v) is 3.28. The maximum Gasteiger partial charge on any atom is 0.170 e. The molecule has 0 spiro atoms. The normalized spacial score (nSPS) is 16.9. The molecule has 1 aliphatic rings. The van der Waals surface area contributed by atoms with Crippen molar-refractivity contribution >= 4 is 11.4 Å². The van der Waals surface area contributed by atoms with Crippen molar-refractivity contribution in [1.29, 1.82) is 5.26 Å². The van der Waals surface area contributed by atoms with Crippen LogP contribution in [0.2, 0.25) is 0 Å². The molecule has 1 aromatic carbocycles. The van der Waals surface area contributed by atoms with E-state index in [1.165, 1.54) is 6.08 Å². The number of nitrogens with zero attached hydrogens (tertiary/aromatic N) is 1. The van der Waals surface area contributed by atoms with E-state index in [9.17, 15) is 4.79 Å². The summed E-state index contributed by atoms with van der Waals surface area (Å²) in [4.78, 5) is 12.2. The van der Waals surface area contributed by atoms with Crippen LogP contribution in [0.3, 0.4) is 0 Å². The Morgan fingerprint density at radius 3 is 2.80 bits per heavy atom. The van der Waals surface area contributed by atoms with E-state index in [0.717, 1.165) is 11.1 Å². The SMILES string of the molecule is COc1cc2c(cc1C(C)=CC#N)C(=O)CC(C)(C)O2. The van der Waals surface area contributed by atoms with E-state index in [1.807, 2.05) is 26.8 Å². The number of rotatable bonds is 2. The van der Waals surface area contributed by atoms with Gasteiger partial charge in [0.25, 0.3) is 0 Å². The lowest BCUT2D eigenvalue weighted by Crippen LogP contribution is -2.35. The van der Waals surface area contributed by atoms with Gasteiger partial charge in [-0.05, 0) is 32.4 Å². The van der Waals surface area contributed by atoms with Crippen molar-refractivity contribution in [2.75, 3.05) is 7.11 Å². The number of methoxy groups -OCH3 is 1. The minimum Gasteiger partial charge on any atom is -0.496 e. The molecule has 0 aromatic heterocycles. The Kier molecular flexibility index (Phi) is 3.54. The molecule has 0 N–H and O–H groups in total. The van der Waals surface area contributed by atoms with Gasteiger partial charge in [-0.3, -0.25) is 4.79 Å². The van der Waals surface area contributed by atoms with Gasteiger partial charge in [0.2, 0.25) is 0 Å². The van der Waals surface area contributed by atoms with Crippen LogP contribution in [0, 0.1) is 11.3 Å². The predicted octanol–water partition coefficient (Wildman–Crippen LogP) is 3.37. The van der Waals surface area contributed by atoms with Gasteiger partial charge in [0, 0.05) is 17.7 Å². The van der Waals surface area contributed by atoms with Crippen molar-refractivity contribution in [3.8, 4) is 17.6 Å². The van der Waals surface area contributed by atoms with E-state index in [1.54, 1.807) is 19.2 Å². The molecule has 0 aliphatic carbocycles. The smallest absolute Gasteiger partial charge is 0.170 e. The summed E-state index contributed by atoms with van der Waals surface area (Å²) in [6, 6.07) is 5.45. The van der Waals surface area contributed by atoms with E-state index >= 15 is 0 Å². The number of ketones is 1.